The minimum Gasteiger partial charge on any atom is -0.357 e. The van der Waals surface area contributed by atoms with Gasteiger partial charge in [-0.3, -0.25) is 0 Å². The van der Waals surface area contributed by atoms with Crippen LogP contribution in [0.5, 0.6) is 0 Å². The van der Waals surface area contributed by atoms with Gasteiger partial charge < -0.3 is 18.9 Å². The largest absolute Gasteiger partial charge is 0.357 e. The molecule has 0 spiro atoms. The van der Waals surface area contributed by atoms with E-state index in [1.807, 2.05) is 0 Å². The number of rotatable bonds is 19. The van der Waals surface area contributed by atoms with E-state index in [0.29, 0.717) is 0 Å². The molecular formula is C18H38O4Si2. The molecule has 0 aromatic rings. The maximum absolute atomic E-state index is 5.78. The Morgan fingerprint density at radius 1 is 0.542 bits per heavy atom. The summed E-state index contributed by atoms with van der Waals surface area (Å²) in [5.74, 6) is 0.0294. The quantitative estimate of drug-likeness (QED) is 0.192. The van der Waals surface area contributed by atoms with E-state index < -0.39 is 0 Å². The number of unbranched alkanes of at least 4 members (excludes halogenated alkanes) is 1. The minimum absolute atomic E-state index is 0.0147. The van der Waals surface area contributed by atoms with E-state index >= 15 is 0 Å². The van der Waals surface area contributed by atoms with Gasteiger partial charge in [0, 0.05) is 26.4 Å². The first-order chi connectivity index (χ1) is 11.8. The highest BCUT2D eigenvalue weighted by Crippen LogP contribution is 2.07. The monoisotopic (exact) mass is 374 g/mol. The van der Waals surface area contributed by atoms with Crippen molar-refractivity contribution in [1.29, 1.82) is 0 Å². The zero-order chi connectivity index (χ0) is 17.9. The highest BCUT2D eigenvalue weighted by atomic mass is 28.2. The van der Waals surface area contributed by atoms with E-state index in [1.165, 1.54) is 24.9 Å². The summed E-state index contributed by atoms with van der Waals surface area (Å²) in [6.07, 6.45) is 6.67. The molecule has 142 valence electrons. The minimum atomic E-state index is 0.0147. The molecule has 0 bridgehead atoms. The second-order valence-corrected chi connectivity index (χ2v) is 8.52. The molecule has 6 heteroatoms. The Morgan fingerprint density at radius 3 is 1.08 bits per heavy atom. The van der Waals surface area contributed by atoms with Crippen molar-refractivity contribution in [1.82, 2.24) is 0 Å². The first-order valence-electron chi connectivity index (χ1n) is 9.71. The lowest BCUT2D eigenvalue weighted by atomic mass is 10.4. The van der Waals surface area contributed by atoms with E-state index in [4.69, 9.17) is 18.9 Å². The van der Waals surface area contributed by atoms with E-state index in [-0.39, 0.29) is 11.8 Å². The standard InChI is InChI=1S/C18H38O4Si2/c1-5-11-19-17(20-12-6-2)23-15-9-10-16-24-18(21-13-7-3)22-14-8-4/h17-18H,5-16H2,1-4H3. The summed E-state index contributed by atoms with van der Waals surface area (Å²) < 4.78 is 23.1. The Balaban J connectivity index is 3.74. The van der Waals surface area contributed by atoms with Gasteiger partial charge in [-0.15, -0.1) is 0 Å². The van der Waals surface area contributed by atoms with Gasteiger partial charge in [0.25, 0.3) is 0 Å². The first kappa shape index (κ1) is 24.3. The fraction of sp³-hybridized carbons (Fsp3) is 1.00. The molecule has 0 aromatic heterocycles. The molecular weight excluding hydrogens is 336 g/mol. The summed E-state index contributed by atoms with van der Waals surface area (Å²) in [4.78, 5) is 0. The summed E-state index contributed by atoms with van der Waals surface area (Å²) in [7, 11) is 1.49. The molecule has 0 aliphatic heterocycles. The smallest absolute Gasteiger partial charge is 0.137 e. The summed E-state index contributed by atoms with van der Waals surface area (Å²) in [5, 5.41) is 0. The van der Waals surface area contributed by atoms with Crippen LogP contribution in [0, 0.1) is 0 Å². The van der Waals surface area contributed by atoms with Crippen molar-refractivity contribution in [2.24, 2.45) is 0 Å². The van der Waals surface area contributed by atoms with Crippen molar-refractivity contribution < 1.29 is 18.9 Å². The zero-order valence-electron chi connectivity index (χ0n) is 16.3. The molecule has 24 heavy (non-hydrogen) atoms. The molecule has 0 aliphatic carbocycles. The van der Waals surface area contributed by atoms with E-state index in [1.54, 1.807) is 0 Å². The Morgan fingerprint density at radius 2 is 0.833 bits per heavy atom. The average molecular weight is 375 g/mol. The summed E-state index contributed by atoms with van der Waals surface area (Å²) >= 11 is 0. The van der Waals surface area contributed by atoms with Crippen LogP contribution in [0.25, 0.3) is 0 Å². The molecule has 4 radical (unpaired) electrons. The van der Waals surface area contributed by atoms with Gasteiger partial charge in [-0.05, 0) is 25.7 Å². The van der Waals surface area contributed by atoms with Gasteiger partial charge >= 0.3 is 0 Å². The van der Waals surface area contributed by atoms with Crippen molar-refractivity contribution in [2.75, 3.05) is 26.4 Å². The molecule has 0 amide bonds. The second-order valence-electron chi connectivity index (χ2n) is 5.76. The maximum Gasteiger partial charge on any atom is 0.137 e. The van der Waals surface area contributed by atoms with Gasteiger partial charge in [0.1, 0.15) is 30.9 Å². The summed E-state index contributed by atoms with van der Waals surface area (Å²) in [5.41, 5.74) is 0. The van der Waals surface area contributed by atoms with E-state index in [9.17, 15) is 0 Å². The van der Waals surface area contributed by atoms with Crippen LogP contribution in [0.1, 0.15) is 66.2 Å². The molecule has 0 aromatic carbocycles. The fourth-order valence-electron chi connectivity index (χ4n) is 1.92. The molecule has 0 saturated carbocycles. The number of ether oxygens (including phenoxy) is 4. The lowest BCUT2D eigenvalue weighted by Crippen LogP contribution is -2.26. The van der Waals surface area contributed by atoms with Crippen molar-refractivity contribution in [2.45, 2.75) is 90.1 Å². The van der Waals surface area contributed by atoms with Crippen LogP contribution < -0.4 is 0 Å². The third-order valence-electron chi connectivity index (χ3n) is 3.12. The zero-order valence-corrected chi connectivity index (χ0v) is 18.3. The summed E-state index contributed by atoms with van der Waals surface area (Å²) in [6, 6.07) is 2.39. The van der Waals surface area contributed by atoms with Gasteiger partial charge in [-0.25, -0.2) is 0 Å². The maximum atomic E-state index is 5.78. The fourth-order valence-corrected chi connectivity index (χ4v) is 4.24. The third-order valence-corrected chi connectivity index (χ3v) is 5.74. The van der Waals surface area contributed by atoms with Crippen molar-refractivity contribution in [3.63, 3.8) is 0 Å². The Hall–Kier alpha value is 0.274. The number of hydrogen-bond donors (Lipinski definition) is 0. The SMILES string of the molecule is CCCOC(OCCC)[Si]CCCC[Si]C(OCCC)OCCC. The molecule has 0 saturated heterocycles. The van der Waals surface area contributed by atoms with Crippen LogP contribution >= 0.6 is 0 Å². The molecule has 4 nitrogen and oxygen atoms in total. The highest BCUT2D eigenvalue weighted by molar-refractivity contribution is 6.37. The van der Waals surface area contributed by atoms with E-state index in [0.717, 1.165) is 71.2 Å². The molecule has 0 atom stereocenters. The summed E-state index contributed by atoms with van der Waals surface area (Å²) in [6.45, 7) is 11.7. The van der Waals surface area contributed by atoms with Crippen LogP contribution in [0.4, 0.5) is 0 Å². The van der Waals surface area contributed by atoms with Crippen molar-refractivity contribution in [3.05, 3.63) is 0 Å². The average Bonchev–Trinajstić information content (AvgIpc) is 2.61. The van der Waals surface area contributed by atoms with Crippen LogP contribution in [0.3, 0.4) is 0 Å². The molecule has 0 rings (SSSR count). The van der Waals surface area contributed by atoms with Gasteiger partial charge in [0.2, 0.25) is 0 Å². The first-order valence-corrected chi connectivity index (χ1v) is 12.3. The molecule has 0 heterocycles. The van der Waals surface area contributed by atoms with Gasteiger partial charge in [-0.1, -0.05) is 52.6 Å². The molecule has 0 aliphatic rings. The van der Waals surface area contributed by atoms with Crippen molar-refractivity contribution >= 4 is 19.0 Å². The second kappa shape index (κ2) is 19.6. The third kappa shape index (κ3) is 15.8. The van der Waals surface area contributed by atoms with Crippen LogP contribution in [0.2, 0.25) is 12.1 Å². The topological polar surface area (TPSA) is 36.9 Å². The van der Waals surface area contributed by atoms with Crippen LogP contribution in [-0.2, 0) is 18.9 Å². The predicted octanol–water partition coefficient (Wildman–Crippen LogP) is 4.29. The Bertz CT molecular complexity index is 205. The number of hydrogen-bond acceptors (Lipinski definition) is 4. The van der Waals surface area contributed by atoms with Crippen LogP contribution in [-0.4, -0.2) is 57.3 Å². The molecule has 0 unspecified atom stereocenters. The molecule has 0 fully saturated rings. The van der Waals surface area contributed by atoms with Crippen molar-refractivity contribution in [3.8, 4) is 0 Å². The predicted molar refractivity (Wildman–Crippen MR) is 103 cm³/mol. The van der Waals surface area contributed by atoms with Gasteiger partial charge in [-0.2, -0.15) is 0 Å². The lowest BCUT2D eigenvalue weighted by molar-refractivity contribution is -0.0908. The Labute approximate surface area is 155 Å². The lowest BCUT2D eigenvalue weighted by Gasteiger charge is -2.18. The molecule has 0 N–H and O–H groups in total. The van der Waals surface area contributed by atoms with Gasteiger partial charge in [0.05, 0.1) is 0 Å². The Kier molecular flexibility index (Phi) is 19.8. The highest BCUT2D eigenvalue weighted by Gasteiger charge is 2.11. The van der Waals surface area contributed by atoms with Crippen LogP contribution in [0.15, 0.2) is 0 Å². The van der Waals surface area contributed by atoms with Gasteiger partial charge in [0.15, 0.2) is 0 Å². The normalized spacial score (nSPS) is 11.8. The van der Waals surface area contributed by atoms with E-state index in [2.05, 4.69) is 27.7 Å².